The molecule has 0 fully saturated rings. The number of hydrogen-bond donors (Lipinski definition) is 1. The molecule has 0 aromatic rings. The van der Waals surface area contributed by atoms with Gasteiger partial charge in [0.1, 0.15) is 0 Å². The number of carbonyl (C=O) groups is 1. The zero-order chi connectivity index (χ0) is 14.4. The maximum absolute atomic E-state index is 11.5. The second kappa shape index (κ2) is 7.42. The number of rotatable bonds is 8. The molecule has 0 aliphatic carbocycles. The number of hydrogen-bond acceptors (Lipinski definition) is 4. The Labute approximate surface area is 113 Å². The monoisotopic (exact) mass is 292 g/mol. The van der Waals surface area contributed by atoms with E-state index in [-0.39, 0.29) is 11.9 Å². The Bertz CT molecular complexity index is 261. The third-order valence-corrected chi connectivity index (χ3v) is 8.47. The van der Waals surface area contributed by atoms with Crippen molar-refractivity contribution in [2.75, 3.05) is 6.61 Å². The van der Waals surface area contributed by atoms with Gasteiger partial charge in [-0.3, -0.25) is 4.79 Å². The van der Waals surface area contributed by atoms with Crippen LogP contribution < -0.4 is 0 Å². The van der Waals surface area contributed by atoms with E-state index in [2.05, 4.69) is 13.1 Å². The molecular formula is C12H28O4Si2. The molecule has 0 saturated heterocycles. The topological polar surface area (TPSA) is 55.8 Å². The first-order valence-corrected chi connectivity index (χ1v) is 12.6. The predicted molar refractivity (Wildman–Crippen MR) is 78.1 cm³/mol. The largest absolute Gasteiger partial charge is 0.465 e. The summed E-state index contributed by atoms with van der Waals surface area (Å²) in [7, 11) is -4.27. The fourth-order valence-electron chi connectivity index (χ4n) is 1.71. The summed E-state index contributed by atoms with van der Waals surface area (Å²) >= 11 is 0. The summed E-state index contributed by atoms with van der Waals surface area (Å²) in [6, 6.07) is 0.901. The summed E-state index contributed by atoms with van der Waals surface area (Å²) in [5.41, 5.74) is 0. The van der Waals surface area contributed by atoms with E-state index in [0.717, 1.165) is 18.9 Å². The maximum Gasteiger partial charge on any atom is 0.318 e. The van der Waals surface area contributed by atoms with Crippen molar-refractivity contribution in [2.45, 2.75) is 58.9 Å². The van der Waals surface area contributed by atoms with Crippen molar-refractivity contribution in [1.29, 1.82) is 0 Å². The van der Waals surface area contributed by atoms with E-state index in [9.17, 15) is 9.59 Å². The van der Waals surface area contributed by atoms with Gasteiger partial charge in [0.05, 0.1) is 12.5 Å². The predicted octanol–water partition coefficient (Wildman–Crippen LogP) is 2.88. The van der Waals surface area contributed by atoms with Crippen LogP contribution in [0.15, 0.2) is 0 Å². The Morgan fingerprint density at radius 1 is 1.28 bits per heavy atom. The lowest BCUT2D eigenvalue weighted by atomic mass is 10.1. The van der Waals surface area contributed by atoms with E-state index >= 15 is 0 Å². The molecule has 0 bridgehead atoms. The van der Waals surface area contributed by atoms with Crippen LogP contribution in [-0.2, 0) is 13.6 Å². The van der Waals surface area contributed by atoms with Gasteiger partial charge in [-0.05, 0) is 45.1 Å². The summed E-state index contributed by atoms with van der Waals surface area (Å²) in [6.45, 7) is 12.1. The van der Waals surface area contributed by atoms with Gasteiger partial charge in [-0.1, -0.05) is 13.8 Å². The molecule has 6 heteroatoms. The molecule has 0 heterocycles. The summed E-state index contributed by atoms with van der Waals surface area (Å²) in [6.07, 6.45) is 1.62. The van der Waals surface area contributed by atoms with Crippen molar-refractivity contribution < 1.29 is 18.4 Å². The summed E-state index contributed by atoms with van der Waals surface area (Å²) in [5, 5.41) is 0. The van der Waals surface area contributed by atoms with Crippen LogP contribution in [0, 0.1) is 5.92 Å². The van der Waals surface area contributed by atoms with Gasteiger partial charge in [0.2, 0.25) is 0 Å². The van der Waals surface area contributed by atoms with Crippen molar-refractivity contribution in [3.63, 3.8) is 0 Å². The standard InChI is InChI=1S/C12H28O4Si2/c1-7-11(2)12(13)15-9-8-10-17(3,4)16-18(5,6)14/h11,14H,7-10H2,1-6H3. The molecule has 0 aliphatic rings. The lowest BCUT2D eigenvalue weighted by Gasteiger charge is -2.29. The summed E-state index contributed by atoms with van der Waals surface area (Å²) in [5.74, 6) is -0.134. The highest BCUT2D eigenvalue weighted by Crippen LogP contribution is 2.18. The van der Waals surface area contributed by atoms with E-state index in [4.69, 9.17) is 8.85 Å². The van der Waals surface area contributed by atoms with Crippen molar-refractivity contribution in [3.05, 3.63) is 0 Å². The Kier molecular flexibility index (Phi) is 7.35. The fourth-order valence-corrected chi connectivity index (χ4v) is 8.52. The highest BCUT2D eigenvalue weighted by molar-refractivity contribution is 6.81. The van der Waals surface area contributed by atoms with E-state index in [1.165, 1.54) is 0 Å². The van der Waals surface area contributed by atoms with E-state index in [0.29, 0.717) is 6.61 Å². The molecule has 4 nitrogen and oxygen atoms in total. The molecule has 0 spiro atoms. The van der Waals surface area contributed by atoms with E-state index in [1.807, 2.05) is 13.8 Å². The van der Waals surface area contributed by atoms with Crippen LogP contribution in [-0.4, -0.2) is 34.3 Å². The van der Waals surface area contributed by atoms with Gasteiger partial charge < -0.3 is 13.6 Å². The molecule has 0 radical (unpaired) electrons. The zero-order valence-corrected chi connectivity index (χ0v) is 14.6. The van der Waals surface area contributed by atoms with Crippen molar-refractivity contribution in [2.24, 2.45) is 5.92 Å². The van der Waals surface area contributed by atoms with Crippen LogP contribution >= 0.6 is 0 Å². The van der Waals surface area contributed by atoms with Gasteiger partial charge >= 0.3 is 14.5 Å². The summed E-state index contributed by atoms with van der Waals surface area (Å²) < 4.78 is 11.0. The minimum Gasteiger partial charge on any atom is -0.465 e. The van der Waals surface area contributed by atoms with Crippen LogP contribution in [0.5, 0.6) is 0 Å². The highest BCUT2D eigenvalue weighted by Gasteiger charge is 2.31. The molecular weight excluding hydrogens is 264 g/mol. The van der Waals surface area contributed by atoms with Crippen molar-refractivity contribution >= 4 is 22.8 Å². The van der Waals surface area contributed by atoms with Crippen molar-refractivity contribution in [3.8, 4) is 0 Å². The number of esters is 1. The SMILES string of the molecule is CCC(C)C(=O)OCCC[Si](C)(C)O[Si](C)(C)O. The fraction of sp³-hybridized carbons (Fsp3) is 0.917. The number of ether oxygens (including phenoxy) is 1. The van der Waals surface area contributed by atoms with Crippen LogP contribution in [0.1, 0.15) is 26.7 Å². The first kappa shape index (κ1) is 17.8. The Balaban J connectivity index is 3.87. The Morgan fingerprint density at radius 3 is 2.28 bits per heavy atom. The molecule has 0 amide bonds. The first-order valence-electron chi connectivity index (χ1n) is 6.66. The minimum absolute atomic E-state index is 0.0183. The molecule has 0 aromatic heterocycles. The lowest BCUT2D eigenvalue weighted by Crippen LogP contribution is -2.44. The minimum atomic E-state index is -2.44. The molecule has 1 N–H and O–H groups in total. The van der Waals surface area contributed by atoms with Gasteiger partial charge in [-0.2, -0.15) is 0 Å². The molecule has 18 heavy (non-hydrogen) atoms. The molecule has 0 aromatic carbocycles. The van der Waals surface area contributed by atoms with Gasteiger partial charge in [-0.25, -0.2) is 0 Å². The first-order chi connectivity index (χ1) is 8.07. The average Bonchev–Trinajstić information content (AvgIpc) is 2.19. The number of carbonyl (C=O) groups excluding carboxylic acids is 1. The third-order valence-electron chi connectivity index (χ3n) is 2.71. The van der Waals surface area contributed by atoms with Gasteiger partial charge in [0.15, 0.2) is 8.32 Å². The Hall–Kier alpha value is -0.176. The van der Waals surface area contributed by atoms with Gasteiger partial charge in [0.25, 0.3) is 0 Å². The molecule has 1 unspecified atom stereocenters. The average molecular weight is 293 g/mol. The van der Waals surface area contributed by atoms with Crippen LogP contribution in [0.25, 0.3) is 0 Å². The van der Waals surface area contributed by atoms with Gasteiger partial charge in [0, 0.05) is 0 Å². The van der Waals surface area contributed by atoms with E-state index in [1.54, 1.807) is 13.1 Å². The second-order valence-corrected chi connectivity index (χ2v) is 13.6. The molecule has 0 saturated carbocycles. The lowest BCUT2D eigenvalue weighted by molar-refractivity contribution is -0.148. The van der Waals surface area contributed by atoms with Crippen LogP contribution in [0.2, 0.25) is 32.2 Å². The zero-order valence-electron chi connectivity index (χ0n) is 12.6. The molecule has 1 atom stereocenters. The smallest absolute Gasteiger partial charge is 0.318 e. The van der Waals surface area contributed by atoms with Crippen molar-refractivity contribution in [1.82, 2.24) is 0 Å². The highest BCUT2D eigenvalue weighted by atomic mass is 28.4. The molecule has 108 valence electrons. The normalized spacial score (nSPS) is 14.4. The molecule has 0 aliphatic heterocycles. The second-order valence-electron chi connectivity index (χ2n) is 5.89. The van der Waals surface area contributed by atoms with Gasteiger partial charge in [-0.15, -0.1) is 0 Å². The third kappa shape index (κ3) is 8.85. The molecule has 0 rings (SSSR count). The maximum atomic E-state index is 11.5. The quantitative estimate of drug-likeness (QED) is 0.424. The Morgan fingerprint density at radius 2 is 1.83 bits per heavy atom. The van der Waals surface area contributed by atoms with E-state index < -0.39 is 16.9 Å². The summed E-state index contributed by atoms with van der Waals surface area (Å²) in [4.78, 5) is 21.2. The van der Waals surface area contributed by atoms with Crippen LogP contribution in [0.4, 0.5) is 0 Å². The van der Waals surface area contributed by atoms with Crippen LogP contribution in [0.3, 0.4) is 0 Å².